The zero-order valence-corrected chi connectivity index (χ0v) is 17.2. The first-order valence-corrected chi connectivity index (χ1v) is 10.6. The van der Waals surface area contributed by atoms with Crippen LogP contribution in [-0.4, -0.2) is 24.1 Å². The summed E-state index contributed by atoms with van der Waals surface area (Å²) in [6, 6.07) is 15.7. The SMILES string of the molecule is NC(=O)CSc1ccccc1NC(=O)CNC1(c2cccc(Br)c2)CCC1. The minimum absolute atomic E-state index is 0.108. The van der Waals surface area contributed by atoms with E-state index in [1.165, 1.54) is 17.3 Å². The molecule has 0 spiro atoms. The van der Waals surface area contributed by atoms with Crippen molar-refractivity contribution in [2.24, 2.45) is 5.73 Å². The Bertz CT molecular complexity index is 839. The average Bonchev–Trinajstić information content (AvgIpc) is 2.60. The van der Waals surface area contributed by atoms with E-state index < -0.39 is 0 Å². The Morgan fingerprint density at radius 3 is 2.59 bits per heavy atom. The zero-order chi connectivity index (χ0) is 19.3. The predicted molar refractivity (Wildman–Crippen MR) is 113 cm³/mol. The van der Waals surface area contributed by atoms with Gasteiger partial charge in [0.15, 0.2) is 0 Å². The van der Waals surface area contributed by atoms with E-state index in [1.807, 2.05) is 36.4 Å². The third-order valence-electron chi connectivity index (χ3n) is 4.70. The Morgan fingerprint density at radius 1 is 1.15 bits per heavy atom. The molecule has 0 aliphatic heterocycles. The van der Waals surface area contributed by atoms with Gasteiger partial charge in [0, 0.05) is 14.9 Å². The van der Waals surface area contributed by atoms with Crippen LogP contribution >= 0.6 is 27.7 Å². The Hall–Kier alpha value is -1.83. The number of hydrogen-bond donors (Lipinski definition) is 3. The molecule has 2 amide bonds. The molecule has 142 valence electrons. The fourth-order valence-electron chi connectivity index (χ4n) is 3.17. The topological polar surface area (TPSA) is 84.2 Å². The Morgan fingerprint density at radius 2 is 1.93 bits per heavy atom. The number of benzene rings is 2. The first kappa shape index (κ1) is 19.9. The highest BCUT2D eigenvalue weighted by Crippen LogP contribution is 2.41. The summed E-state index contributed by atoms with van der Waals surface area (Å²) in [5, 5.41) is 6.39. The molecule has 5 nitrogen and oxygen atoms in total. The number of carbonyl (C=O) groups is 2. The van der Waals surface area contributed by atoms with Crippen LogP contribution in [-0.2, 0) is 15.1 Å². The fraction of sp³-hybridized carbons (Fsp3) is 0.300. The van der Waals surface area contributed by atoms with Gasteiger partial charge in [-0.3, -0.25) is 14.9 Å². The number of nitrogens with one attached hydrogen (secondary N) is 2. The van der Waals surface area contributed by atoms with Crippen molar-refractivity contribution in [3.8, 4) is 0 Å². The summed E-state index contributed by atoms with van der Waals surface area (Å²) in [5.74, 6) is -0.316. The smallest absolute Gasteiger partial charge is 0.238 e. The van der Waals surface area contributed by atoms with Gasteiger partial charge >= 0.3 is 0 Å². The lowest BCUT2D eigenvalue weighted by molar-refractivity contribution is -0.116. The standard InChI is InChI=1S/C20H22BrN3O2S/c21-15-6-3-5-14(11-15)20(9-4-10-20)23-12-19(26)24-16-7-1-2-8-17(16)27-13-18(22)25/h1-3,5-8,11,23H,4,9-10,12-13H2,(H2,22,25)(H,24,26). The molecule has 0 bridgehead atoms. The number of primary amides is 1. The molecule has 2 aromatic rings. The van der Waals surface area contributed by atoms with Gasteiger partial charge in [0.25, 0.3) is 0 Å². The second-order valence-electron chi connectivity index (χ2n) is 6.60. The van der Waals surface area contributed by atoms with Crippen LogP contribution in [0.4, 0.5) is 5.69 Å². The van der Waals surface area contributed by atoms with Crippen molar-refractivity contribution < 1.29 is 9.59 Å². The number of carbonyl (C=O) groups excluding carboxylic acids is 2. The monoisotopic (exact) mass is 447 g/mol. The number of para-hydroxylation sites is 1. The molecule has 0 aromatic heterocycles. The van der Waals surface area contributed by atoms with Gasteiger partial charge in [-0.25, -0.2) is 0 Å². The second-order valence-corrected chi connectivity index (χ2v) is 8.53. The van der Waals surface area contributed by atoms with Crippen LogP contribution in [0, 0.1) is 0 Å². The van der Waals surface area contributed by atoms with Crippen molar-refractivity contribution in [3.05, 3.63) is 58.6 Å². The lowest BCUT2D eigenvalue weighted by Crippen LogP contribution is -2.50. The third kappa shape index (κ3) is 5.12. The van der Waals surface area contributed by atoms with E-state index >= 15 is 0 Å². The summed E-state index contributed by atoms with van der Waals surface area (Å²) in [6.45, 7) is 0.224. The van der Waals surface area contributed by atoms with Crippen LogP contribution < -0.4 is 16.4 Å². The molecule has 2 aromatic carbocycles. The highest BCUT2D eigenvalue weighted by molar-refractivity contribution is 9.10. The van der Waals surface area contributed by atoms with Crippen LogP contribution in [0.1, 0.15) is 24.8 Å². The average molecular weight is 448 g/mol. The van der Waals surface area contributed by atoms with Gasteiger partial charge < -0.3 is 11.1 Å². The lowest BCUT2D eigenvalue weighted by Gasteiger charge is -2.43. The molecule has 0 saturated heterocycles. The third-order valence-corrected chi connectivity index (χ3v) is 6.29. The van der Waals surface area contributed by atoms with Gasteiger partial charge in [-0.15, -0.1) is 11.8 Å². The van der Waals surface area contributed by atoms with Crippen molar-refractivity contribution in [2.45, 2.75) is 29.7 Å². The van der Waals surface area contributed by atoms with Crippen molar-refractivity contribution in [1.29, 1.82) is 0 Å². The second kappa shape index (κ2) is 8.91. The molecule has 1 fully saturated rings. The number of nitrogens with two attached hydrogens (primary N) is 1. The number of anilines is 1. The molecule has 0 unspecified atom stereocenters. The summed E-state index contributed by atoms with van der Waals surface area (Å²) in [6.07, 6.45) is 3.18. The van der Waals surface area contributed by atoms with Gasteiger partial charge in [-0.1, -0.05) is 40.2 Å². The van der Waals surface area contributed by atoms with Gasteiger partial charge in [-0.2, -0.15) is 0 Å². The molecule has 4 N–H and O–H groups in total. The largest absolute Gasteiger partial charge is 0.369 e. The van der Waals surface area contributed by atoms with Crippen LogP contribution in [0.2, 0.25) is 0 Å². The normalized spacial score (nSPS) is 15.0. The maximum absolute atomic E-state index is 12.5. The Labute approximate surface area is 171 Å². The molecule has 7 heteroatoms. The van der Waals surface area contributed by atoms with Crippen LogP contribution in [0.15, 0.2) is 57.9 Å². The van der Waals surface area contributed by atoms with Crippen molar-refractivity contribution in [3.63, 3.8) is 0 Å². The Kier molecular flexibility index (Phi) is 6.57. The van der Waals surface area contributed by atoms with E-state index in [4.69, 9.17) is 5.73 Å². The molecule has 1 aliphatic carbocycles. The van der Waals surface area contributed by atoms with Crippen LogP contribution in [0.3, 0.4) is 0 Å². The van der Waals surface area contributed by atoms with E-state index in [0.717, 1.165) is 28.6 Å². The molecular formula is C20H22BrN3O2S. The quantitative estimate of drug-likeness (QED) is 0.539. The molecular weight excluding hydrogens is 426 g/mol. The number of thioether (sulfide) groups is 1. The summed E-state index contributed by atoms with van der Waals surface area (Å²) in [4.78, 5) is 24.4. The summed E-state index contributed by atoms with van der Waals surface area (Å²) in [5.41, 5.74) is 6.97. The molecule has 1 aliphatic rings. The highest BCUT2D eigenvalue weighted by atomic mass is 79.9. The van der Waals surface area contributed by atoms with E-state index in [9.17, 15) is 9.59 Å². The number of halogens is 1. The molecule has 1 saturated carbocycles. The van der Waals surface area contributed by atoms with Gasteiger partial charge in [-0.05, 0) is 49.1 Å². The molecule has 3 rings (SSSR count). The maximum Gasteiger partial charge on any atom is 0.238 e. The van der Waals surface area contributed by atoms with Gasteiger partial charge in [0.1, 0.15) is 0 Å². The minimum atomic E-state index is -0.385. The molecule has 27 heavy (non-hydrogen) atoms. The van der Waals surface area contributed by atoms with Crippen molar-refractivity contribution >= 4 is 45.2 Å². The van der Waals surface area contributed by atoms with E-state index in [1.54, 1.807) is 0 Å². The summed E-state index contributed by atoms with van der Waals surface area (Å²) < 4.78 is 1.04. The van der Waals surface area contributed by atoms with Gasteiger partial charge in [0.05, 0.1) is 18.0 Å². The first-order valence-electron chi connectivity index (χ1n) is 8.80. The fourth-order valence-corrected chi connectivity index (χ4v) is 4.32. The van der Waals surface area contributed by atoms with Crippen LogP contribution in [0.25, 0.3) is 0 Å². The number of amides is 2. The minimum Gasteiger partial charge on any atom is -0.369 e. The lowest BCUT2D eigenvalue weighted by atomic mass is 9.72. The number of rotatable bonds is 8. The first-order chi connectivity index (χ1) is 13.0. The van der Waals surface area contributed by atoms with Gasteiger partial charge in [0.2, 0.25) is 11.8 Å². The highest BCUT2D eigenvalue weighted by Gasteiger charge is 2.38. The van der Waals surface area contributed by atoms with E-state index in [-0.39, 0.29) is 29.7 Å². The summed E-state index contributed by atoms with van der Waals surface area (Å²) >= 11 is 4.84. The molecule has 0 atom stereocenters. The number of hydrogen-bond acceptors (Lipinski definition) is 4. The zero-order valence-electron chi connectivity index (χ0n) is 14.8. The van der Waals surface area contributed by atoms with E-state index in [0.29, 0.717) is 5.69 Å². The van der Waals surface area contributed by atoms with E-state index in [2.05, 4.69) is 38.7 Å². The summed E-state index contributed by atoms with van der Waals surface area (Å²) in [7, 11) is 0. The maximum atomic E-state index is 12.5. The van der Waals surface area contributed by atoms with Crippen molar-refractivity contribution in [1.82, 2.24) is 5.32 Å². The van der Waals surface area contributed by atoms with Crippen LogP contribution in [0.5, 0.6) is 0 Å². The Balaban J connectivity index is 1.62. The molecule has 0 heterocycles. The van der Waals surface area contributed by atoms with Crippen molar-refractivity contribution in [2.75, 3.05) is 17.6 Å². The predicted octanol–water partition coefficient (Wildman–Crippen LogP) is 3.63. The molecule has 0 radical (unpaired) electrons.